The molecule has 0 saturated heterocycles. The van der Waals surface area contributed by atoms with Gasteiger partial charge < -0.3 is 9.84 Å². The molecule has 0 aliphatic heterocycles. The number of carboxylic acid groups (broad SMARTS) is 1. The number of thioether (sulfide) groups is 1. The largest absolute Gasteiger partial charge is 0.478 e. The standard InChI is InChI=1S/C17H18O3S/c1-4-21-15-7-5-6-13(16(15)17(18)19)20-14-10-11(2)8-9-12(14)3/h5-10H,4H2,1-3H3,(H,18,19). The van der Waals surface area contributed by atoms with E-state index in [2.05, 4.69) is 0 Å². The molecule has 21 heavy (non-hydrogen) atoms. The predicted molar refractivity (Wildman–Crippen MR) is 85.8 cm³/mol. The van der Waals surface area contributed by atoms with Crippen molar-refractivity contribution in [3.8, 4) is 11.5 Å². The van der Waals surface area contributed by atoms with Crippen molar-refractivity contribution in [3.05, 3.63) is 53.1 Å². The summed E-state index contributed by atoms with van der Waals surface area (Å²) >= 11 is 1.50. The van der Waals surface area contributed by atoms with Gasteiger partial charge in [0.1, 0.15) is 17.1 Å². The Bertz CT molecular complexity index is 665. The van der Waals surface area contributed by atoms with Crippen LogP contribution in [0.4, 0.5) is 0 Å². The van der Waals surface area contributed by atoms with Crippen molar-refractivity contribution in [2.45, 2.75) is 25.7 Å². The number of carboxylic acids is 1. The number of hydrogen-bond donors (Lipinski definition) is 1. The minimum Gasteiger partial charge on any atom is -0.478 e. The van der Waals surface area contributed by atoms with E-state index in [9.17, 15) is 9.90 Å². The monoisotopic (exact) mass is 302 g/mol. The summed E-state index contributed by atoms with van der Waals surface area (Å²) in [6.45, 7) is 5.92. The number of hydrogen-bond acceptors (Lipinski definition) is 3. The summed E-state index contributed by atoms with van der Waals surface area (Å²) < 4.78 is 5.88. The normalized spacial score (nSPS) is 10.4. The minimum absolute atomic E-state index is 0.227. The first kappa shape index (κ1) is 15.4. The van der Waals surface area contributed by atoms with Gasteiger partial charge in [0.25, 0.3) is 0 Å². The molecular weight excluding hydrogens is 284 g/mol. The van der Waals surface area contributed by atoms with Crippen LogP contribution in [0.25, 0.3) is 0 Å². The zero-order valence-corrected chi connectivity index (χ0v) is 13.2. The van der Waals surface area contributed by atoms with E-state index in [1.807, 2.05) is 51.1 Å². The molecular formula is C17H18O3S. The van der Waals surface area contributed by atoms with E-state index in [-0.39, 0.29) is 5.56 Å². The fraction of sp³-hybridized carbons (Fsp3) is 0.235. The van der Waals surface area contributed by atoms with Crippen LogP contribution in [-0.4, -0.2) is 16.8 Å². The van der Waals surface area contributed by atoms with Crippen LogP contribution >= 0.6 is 11.8 Å². The predicted octanol–water partition coefficient (Wildman–Crippen LogP) is 4.91. The van der Waals surface area contributed by atoms with Crippen molar-refractivity contribution in [2.75, 3.05) is 5.75 Å². The molecule has 110 valence electrons. The van der Waals surface area contributed by atoms with Gasteiger partial charge in [-0.1, -0.05) is 25.1 Å². The van der Waals surface area contributed by atoms with Crippen LogP contribution in [0, 0.1) is 13.8 Å². The summed E-state index contributed by atoms with van der Waals surface area (Å²) in [6.07, 6.45) is 0. The summed E-state index contributed by atoms with van der Waals surface area (Å²) in [4.78, 5) is 12.3. The molecule has 0 heterocycles. The highest BCUT2D eigenvalue weighted by molar-refractivity contribution is 7.99. The first-order valence-corrected chi connectivity index (χ1v) is 7.75. The SMILES string of the molecule is CCSc1cccc(Oc2cc(C)ccc2C)c1C(=O)O. The van der Waals surface area contributed by atoms with Crippen LogP contribution in [-0.2, 0) is 0 Å². The molecule has 0 aromatic heterocycles. The molecule has 0 spiro atoms. The molecule has 0 amide bonds. The van der Waals surface area contributed by atoms with Crippen LogP contribution < -0.4 is 4.74 Å². The average molecular weight is 302 g/mol. The molecule has 0 radical (unpaired) electrons. The lowest BCUT2D eigenvalue weighted by molar-refractivity contribution is 0.0690. The molecule has 3 nitrogen and oxygen atoms in total. The number of rotatable bonds is 5. The van der Waals surface area contributed by atoms with Crippen LogP contribution in [0.1, 0.15) is 28.4 Å². The van der Waals surface area contributed by atoms with Gasteiger partial charge in [-0.25, -0.2) is 4.79 Å². The zero-order chi connectivity index (χ0) is 15.4. The second-order valence-electron chi connectivity index (χ2n) is 4.74. The maximum atomic E-state index is 11.6. The molecule has 0 aliphatic carbocycles. The molecule has 1 N–H and O–H groups in total. The summed E-state index contributed by atoms with van der Waals surface area (Å²) in [5.74, 6) is 0.922. The first-order chi connectivity index (χ1) is 10.0. The fourth-order valence-electron chi connectivity index (χ4n) is 2.02. The highest BCUT2D eigenvalue weighted by Crippen LogP contribution is 2.34. The van der Waals surface area contributed by atoms with Crippen molar-refractivity contribution < 1.29 is 14.6 Å². The summed E-state index contributed by atoms with van der Waals surface area (Å²) in [5, 5.41) is 9.48. The summed E-state index contributed by atoms with van der Waals surface area (Å²) in [7, 11) is 0. The molecule has 0 saturated carbocycles. The van der Waals surface area contributed by atoms with Gasteiger partial charge in [-0.05, 0) is 48.9 Å². The average Bonchev–Trinajstić information content (AvgIpc) is 2.43. The molecule has 2 aromatic carbocycles. The Hall–Kier alpha value is -1.94. The van der Waals surface area contributed by atoms with Crippen molar-refractivity contribution in [1.82, 2.24) is 0 Å². The lowest BCUT2D eigenvalue weighted by Gasteiger charge is -2.14. The molecule has 2 aromatic rings. The Kier molecular flexibility index (Phi) is 4.91. The maximum Gasteiger partial charge on any atom is 0.340 e. The number of benzene rings is 2. The number of aryl methyl sites for hydroxylation is 2. The van der Waals surface area contributed by atoms with Gasteiger partial charge in [-0.2, -0.15) is 0 Å². The lowest BCUT2D eigenvalue weighted by atomic mass is 10.1. The summed E-state index contributed by atoms with van der Waals surface area (Å²) in [5.41, 5.74) is 2.28. The lowest BCUT2D eigenvalue weighted by Crippen LogP contribution is -2.03. The number of aromatic carboxylic acids is 1. The topological polar surface area (TPSA) is 46.5 Å². The highest BCUT2D eigenvalue weighted by Gasteiger charge is 2.17. The Balaban J connectivity index is 2.46. The van der Waals surface area contributed by atoms with Gasteiger partial charge in [0.2, 0.25) is 0 Å². The van der Waals surface area contributed by atoms with E-state index < -0.39 is 5.97 Å². The molecule has 0 unspecified atom stereocenters. The fourth-order valence-corrected chi connectivity index (χ4v) is 2.84. The molecule has 0 fully saturated rings. The molecule has 4 heteroatoms. The Labute approximate surface area is 129 Å². The van der Waals surface area contributed by atoms with Crippen molar-refractivity contribution in [3.63, 3.8) is 0 Å². The van der Waals surface area contributed by atoms with Crippen LogP contribution in [0.5, 0.6) is 11.5 Å². The maximum absolute atomic E-state index is 11.6. The Morgan fingerprint density at radius 1 is 1.19 bits per heavy atom. The van der Waals surface area contributed by atoms with Crippen molar-refractivity contribution in [2.24, 2.45) is 0 Å². The van der Waals surface area contributed by atoms with Gasteiger partial charge in [-0.15, -0.1) is 11.8 Å². The van der Waals surface area contributed by atoms with E-state index >= 15 is 0 Å². The molecule has 0 bridgehead atoms. The van der Waals surface area contributed by atoms with E-state index in [1.54, 1.807) is 6.07 Å². The van der Waals surface area contributed by atoms with Gasteiger partial charge in [0.15, 0.2) is 0 Å². The van der Waals surface area contributed by atoms with Crippen LogP contribution in [0.15, 0.2) is 41.3 Å². The first-order valence-electron chi connectivity index (χ1n) is 6.77. The van der Waals surface area contributed by atoms with Gasteiger partial charge >= 0.3 is 5.97 Å². The Morgan fingerprint density at radius 3 is 2.62 bits per heavy atom. The zero-order valence-electron chi connectivity index (χ0n) is 12.3. The third kappa shape index (κ3) is 3.58. The van der Waals surface area contributed by atoms with Crippen molar-refractivity contribution >= 4 is 17.7 Å². The number of ether oxygens (including phenoxy) is 1. The second-order valence-corrected chi connectivity index (χ2v) is 6.04. The van der Waals surface area contributed by atoms with E-state index in [0.717, 1.165) is 21.8 Å². The van der Waals surface area contributed by atoms with Crippen molar-refractivity contribution in [1.29, 1.82) is 0 Å². The minimum atomic E-state index is -0.966. The second kappa shape index (κ2) is 6.68. The number of carbonyl (C=O) groups is 1. The van der Waals surface area contributed by atoms with E-state index in [4.69, 9.17) is 4.74 Å². The third-order valence-electron chi connectivity index (χ3n) is 3.07. The smallest absolute Gasteiger partial charge is 0.340 e. The van der Waals surface area contributed by atoms with E-state index in [1.165, 1.54) is 11.8 Å². The van der Waals surface area contributed by atoms with Gasteiger partial charge in [0.05, 0.1) is 0 Å². The van der Waals surface area contributed by atoms with Crippen LogP contribution in [0.3, 0.4) is 0 Å². The molecule has 0 atom stereocenters. The quantitative estimate of drug-likeness (QED) is 0.797. The molecule has 0 aliphatic rings. The Morgan fingerprint density at radius 2 is 1.95 bits per heavy atom. The van der Waals surface area contributed by atoms with Crippen LogP contribution in [0.2, 0.25) is 0 Å². The summed E-state index contributed by atoms with van der Waals surface area (Å²) in [6, 6.07) is 11.2. The molecule has 2 rings (SSSR count). The third-order valence-corrected chi connectivity index (χ3v) is 4.01. The van der Waals surface area contributed by atoms with E-state index in [0.29, 0.717) is 11.5 Å². The van der Waals surface area contributed by atoms with Gasteiger partial charge in [0, 0.05) is 4.90 Å². The highest BCUT2D eigenvalue weighted by atomic mass is 32.2. The van der Waals surface area contributed by atoms with Gasteiger partial charge in [-0.3, -0.25) is 0 Å².